The van der Waals surface area contributed by atoms with Crippen molar-refractivity contribution >= 4 is 29.1 Å². The zero-order chi connectivity index (χ0) is 17.5. The van der Waals surface area contributed by atoms with Crippen molar-refractivity contribution in [3.8, 4) is 5.75 Å². The van der Waals surface area contributed by atoms with Crippen molar-refractivity contribution in [3.05, 3.63) is 59.1 Å². The Balaban J connectivity index is 2.05. The highest BCUT2D eigenvalue weighted by Gasteiger charge is 2.16. The highest BCUT2D eigenvalue weighted by atomic mass is 35.5. The molecule has 0 atom stereocenters. The number of methoxy groups -OCH3 is 1. The summed E-state index contributed by atoms with van der Waals surface area (Å²) in [4.78, 5) is 25.5. The summed E-state index contributed by atoms with van der Waals surface area (Å²) in [5, 5.41) is 3.27. The van der Waals surface area contributed by atoms with Crippen LogP contribution < -0.4 is 10.1 Å². The van der Waals surface area contributed by atoms with Crippen molar-refractivity contribution < 1.29 is 14.3 Å². The second-order valence-corrected chi connectivity index (χ2v) is 5.68. The lowest BCUT2D eigenvalue weighted by Gasteiger charge is -2.21. The third-order valence-electron chi connectivity index (χ3n) is 3.44. The van der Waals surface area contributed by atoms with Crippen LogP contribution in [-0.2, 0) is 16.1 Å². The first kappa shape index (κ1) is 17.8. The average Bonchev–Trinajstić information content (AvgIpc) is 2.54. The van der Waals surface area contributed by atoms with Crippen molar-refractivity contribution in [2.45, 2.75) is 13.5 Å². The maximum absolute atomic E-state index is 12.2. The number of carbonyl (C=O) groups is 2. The van der Waals surface area contributed by atoms with E-state index in [1.165, 1.54) is 11.8 Å². The van der Waals surface area contributed by atoms with Gasteiger partial charge in [0.1, 0.15) is 12.3 Å². The van der Waals surface area contributed by atoms with Crippen LogP contribution in [0.15, 0.2) is 48.5 Å². The Labute approximate surface area is 146 Å². The van der Waals surface area contributed by atoms with E-state index in [9.17, 15) is 9.59 Å². The molecule has 0 aliphatic rings. The molecule has 5 nitrogen and oxygen atoms in total. The van der Waals surface area contributed by atoms with E-state index in [1.807, 2.05) is 24.3 Å². The lowest BCUT2D eigenvalue weighted by Crippen LogP contribution is -2.36. The average molecular weight is 347 g/mol. The van der Waals surface area contributed by atoms with Gasteiger partial charge in [-0.05, 0) is 24.3 Å². The summed E-state index contributed by atoms with van der Waals surface area (Å²) in [6.07, 6.45) is 0. The van der Waals surface area contributed by atoms with Gasteiger partial charge < -0.3 is 15.0 Å². The van der Waals surface area contributed by atoms with E-state index in [4.69, 9.17) is 16.3 Å². The van der Waals surface area contributed by atoms with Gasteiger partial charge in [0.2, 0.25) is 11.8 Å². The second-order valence-electron chi connectivity index (χ2n) is 5.25. The Morgan fingerprint density at radius 1 is 1.17 bits per heavy atom. The van der Waals surface area contributed by atoms with Gasteiger partial charge in [-0.3, -0.25) is 9.59 Å². The van der Waals surface area contributed by atoms with E-state index in [2.05, 4.69) is 5.32 Å². The number of hydrogen-bond acceptors (Lipinski definition) is 3. The van der Waals surface area contributed by atoms with E-state index >= 15 is 0 Å². The summed E-state index contributed by atoms with van der Waals surface area (Å²) in [7, 11) is 1.57. The summed E-state index contributed by atoms with van der Waals surface area (Å²) in [5.41, 5.74) is 1.43. The molecule has 0 fully saturated rings. The minimum absolute atomic E-state index is 0.0557. The molecule has 2 rings (SSSR count). The molecule has 2 aromatic carbocycles. The Morgan fingerprint density at radius 2 is 1.92 bits per heavy atom. The van der Waals surface area contributed by atoms with Crippen molar-refractivity contribution in [2.24, 2.45) is 0 Å². The van der Waals surface area contributed by atoms with Crippen molar-refractivity contribution in [2.75, 3.05) is 19.0 Å². The Bertz CT molecular complexity index is 734. The van der Waals surface area contributed by atoms with E-state index in [0.29, 0.717) is 23.0 Å². The van der Waals surface area contributed by atoms with Crippen LogP contribution in [0, 0.1) is 0 Å². The topological polar surface area (TPSA) is 58.6 Å². The second kappa shape index (κ2) is 8.36. The van der Waals surface area contributed by atoms with Gasteiger partial charge in [-0.2, -0.15) is 0 Å². The van der Waals surface area contributed by atoms with E-state index in [-0.39, 0.29) is 18.4 Å². The maximum atomic E-state index is 12.2. The smallest absolute Gasteiger partial charge is 0.244 e. The van der Waals surface area contributed by atoms with Gasteiger partial charge >= 0.3 is 0 Å². The SMILES string of the molecule is COc1ccccc1CN(CC(=O)Nc1cccc(Cl)c1)C(C)=O. The van der Waals surface area contributed by atoms with E-state index < -0.39 is 0 Å². The van der Waals surface area contributed by atoms with Gasteiger partial charge in [0.25, 0.3) is 0 Å². The van der Waals surface area contributed by atoms with Crippen LogP contribution in [0.5, 0.6) is 5.75 Å². The first-order valence-electron chi connectivity index (χ1n) is 7.42. The molecule has 2 amide bonds. The number of nitrogens with zero attached hydrogens (tertiary/aromatic N) is 1. The molecule has 0 saturated heterocycles. The minimum atomic E-state index is -0.289. The monoisotopic (exact) mass is 346 g/mol. The molecule has 0 radical (unpaired) electrons. The molecule has 0 spiro atoms. The van der Waals surface area contributed by atoms with E-state index in [0.717, 1.165) is 5.56 Å². The number of nitrogens with one attached hydrogen (secondary N) is 1. The van der Waals surface area contributed by atoms with Crippen LogP contribution in [0.25, 0.3) is 0 Å². The molecular weight excluding hydrogens is 328 g/mol. The predicted molar refractivity (Wildman–Crippen MR) is 94.2 cm³/mol. The van der Waals surface area contributed by atoms with Gasteiger partial charge in [0.15, 0.2) is 0 Å². The molecule has 0 saturated carbocycles. The van der Waals surface area contributed by atoms with Crippen molar-refractivity contribution in [1.82, 2.24) is 4.90 Å². The molecule has 24 heavy (non-hydrogen) atoms. The maximum Gasteiger partial charge on any atom is 0.244 e. The van der Waals surface area contributed by atoms with Crippen LogP contribution in [0.3, 0.4) is 0 Å². The quantitative estimate of drug-likeness (QED) is 0.872. The number of benzene rings is 2. The summed E-state index contributed by atoms with van der Waals surface area (Å²) in [6, 6.07) is 14.3. The van der Waals surface area contributed by atoms with Crippen LogP contribution in [0.2, 0.25) is 5.02 Å². The van der Waals surface area contributed by atoms with Crippen LogP contribution in [0.4, 0.5) is 5.69 Å². The number of rotatable bonds is 6. The molecule has 0 aliphatic heterocycles. The Kier molecular flexibility index (Phi) is 6.21. The fourth-order valence-electron chi connectivity index (χ4n) is 2.26. The van der Waals surface area contributed by atoms with Gasteiger partial charge in [0.05, 0.1) is 7.11 Å². The fourth-order valence-corrected chi connectivity index (χ4v) is 2.45. The highest BCUT2D eigenvalue weighted by molar-refractivity contribution is 6.30. The molecule has 0 heterocycles. The molecular formula is C18H19ClN2O3. The Morgan fingerprint density at radius 3 is 2.58 bits per heavy atom. The van der Waals surface area contributed by atoms with E-state index in [1.54, 1.807) is 31.4 Å². The molecule has 0 bridgehead atoms. The molecule has 6 heteroatoms. The lowest BCUT2D eigenvalue weighted by atomic mass is 10.2. The van der Waals surface area contributed by atoms with Gasteiger partial charge in [-0.1, -0.05) is 35.9 Å². The molecule has 126 valence electrons. The first-order chi connectivity index (χ1) is 11.5. The molecule has 1 N–H and O–H groups in total. The number of amides is 2. The summed E-state index contributed by atoms with van der Waals surface area (Å²) in [5.74, 6) is 0.198. The number of halogens is 1. The van der Waals surface area contributed by atoms with Crippen molar-refractivity contribution in [1.29, 1.82) is 0 Å². The number of para-hydroxylation sites is 1. The molecule has 0 aliphatic carbocycles. The predicted octanol–water partition coefficient (Wildman–Crippen LogP) is 3.34. The molecule has 2 aromatic rings. The zero-order valence-electron chi connectivity index (χ0n) is 13.6. The van der Waals surface area contributed by atoms with Gasteiger partial charge in [-0.15, -0.1) is 0 Å². The van der Waals surface area contributed by atoms with Crippen molar-refractivity contribution in [3.63, 3.8) is 0 Å². The molecule has 0 aromatic heterocycles. The lowest BCUT2D eigenvalue weighted by molar-refractivity contribution is -0.133. The Hall–Kier alpha value is -2.53. The van der Waals surface area contributed by atoms with Crippen LogP contribution in [-0.4, -0.2) is 30.4 Å². The minimum Gasteiger partial charge on any atom is -0.496 e. The normalized spacial score (nSPS) is 10.1. The largest absolute Gasteiger partial charge is 0.496 e. The fraction of sp³-hybridized carbons (Fsp3) is 0.222. The van der Waals surface area contributed by atoms with Crippen LogP contribution in [0.1, 0.15) is 12.5 Å². The summed E-state index contributed by atoms with van der Waals surface area (Å²) < 4.78 is 5.29. The third kappa shape index (κ3) is 4.99. The number of hydrogen-bond donors (Lipinski definition) is 1. The van der Waals surface area contributed by atoms with Crippen LogP contribution >= 0.6 is 11.6 Å². The first-order valence-corrected chi connectivity index (χ1v) is 7.80. The standard InChI is InChI=1S/C18H19ClN2O3/c1-13(22)21(11-14-6-3-4-9-17(14)24-2)12-18(23)20-16-8-5-7-15(19)10-16/h3-10H,11-12H2,1-2H3,(H,20,23). The highest BCUT2D eigenvalue weighted by Crippen LogP contribution is 2.19. The summed E-state index contributed by atoms with van der Waals surface area (Å²) >= 11 is 5.90. The van der Waals surface area contributed by atoms with Gasteiger partial charge in [-0.25, -0.2) is 0 Å². The molecule has 0 unspecified atom stereocenters. The number of anilines is 1. The number of ether oxygens (including phenoxy) is 1. The number of carbonyl (C=O) groups excluding carboxylic acids is 2. The van der Waals surface area contributed by atoms with Gasteiger partial charge in [0, 0.05) is 29.7 Å². The zero-order valence-corrected chi connectivity index (χ0v) is 14.3. The third-order valence-corrected chi connectivity index (χ3v) is 3.68. The summed E-state index contributed by atoms with van der Waals surface area (Å²) in [6.45, 7) is 1.67.